The molecule has 2 fully saturated rings. The quantitative estimate of drug-likeness (QED) is 0.0998. The predicted octanol–water partition coefficient (Wildman–Crippen LogP) is 7.64. The molecule has 14 heteroatoms. The van der Waals surface area contributed by atoms with Crippen LogP contribution in [0.1, 0.15) is 90.0 Å². The number of aromatic nitrogens is 4. The van der Waals surface area contributed by atoms with Crippen LogP contribution in [0.15, 0.2) is 60.7 Å². The molecule has 0 radical (unpaired) electrons. The van der Waals surface area contributed by atoms with Crippen molar-refractivity contribution in [1.29, 1.82) is 0 Å². The van der Waals surface area contributed by atoms with Crippen molar-refractivity contribution >= 4 is 46.1 Å². The largest absolute Gasteiger partial charge is 0.453 e. The minimum atomic E-state index is -0.678. The molecule has 3 aromatic carbocycles. The zero-order valence-corrected chi connectivity index (χ0v) is 34.1. The molecule has 0 bridgehead atoms. The molecule has 2 saturated heterocycles. The Labute approximate surface area is 338 Å². The number of fused-ring (bicyclic) bond motifs is 2. The van der Waals surface area contributed by atoms with Crippen molar-refractivity contribution in [3.05, 3.63) is 72.3 Å². The van der Waals surface area contributed by atoms with Crippen molar-refractivity contribution in [2.45, 2.75) is 90.4 Å². The summed E-state index contributed by atoms with van der Waals surface area (Å²) < 4.78 is 9.63. The normalized spacial score (nSPS) is 18.9. The number of nitrogens with zero attached hydrogens (tertiary/aromatic N) is 4. The first kappa shape index (κ1) is 40.3. The third-order valence-corrected chi connectivity index (χ3v) is 12.1. The fourth-order valence-electron chi connectivity index (χ4n) is 8.31. The van der Waals surface area contributed by atoms with E-state index in [4.69, 9.17) is 19.4 Å². The summed E-state index contributed by atoms with van der Waals surface area (Å²) in [5.41, 5.74) is 7.61. The van der Waals surface area contributed by atoms with E-state index in [0.717, 1.165) is 94.5 Å². The van der Waals surface area contributed by atoms with Gasteiger partial charge in [0.25, 0.3) is 0 Å². The molecule has 1 unspecified atom stereocenters. The van der Waals surface area contributed by atoms with Crippen molar-refractivity contribution in [2.75, 3.05) is 27.3 Å². The summed E-state index contributed by atoms with van der Waals surface area (Å²) in [4.78, 5) is 72.3. The third-order valence-electron chi connectivity index (χ3n) is 12.1. The topological polar surface area (TPSA) is 175 Å². The Balaban J connectivity index is 1.06. The number of hydrogen-bond acceptors (Lipinski definition) is 8. The highest BCUT2D eigenvalue weighted by Crippen LogP contribution is 2.36. The van der Waals surface area contributed by atoms with Crippen LogP contribution in [-0.2, 0) is 19.1 Å². The van der Waals surface area contributed by atoms with Crippen LogP contribution >= 0.6 is 0 Å². The van der Waals surface area contributed by atoms with Gasteiger partial charge in [-0.05, 0) is 84.0 Å². The monoisotopic (exact) mass is 790 g/mol. The molecular formula is C44H54N8O6. The number of nitrogens with one attached hydrogen (secondary N) is 4. The average Bonchev–Trinajstić information content (AvgIpc) is 4.08. The summed E-state index contributed by atoms with van der Waals surface area (Å²) in [5.74, 6) is 1.12. The number of benzene rings is 3. The summed E-state index contributed by atoms with van der Waals surface area (Å²) in [6.45, 7) is 9.11. The zero-order valence-electron chi connectivity index (χ0n) is 34.1. The second-order valence-electron chi connectivity index (χ2n) is 15.7. The number of amides is 4. The third kappa shape index (κ3) is 8.09. The van der Waals surface area contributed by atoms with Gasteiger partial charge in [-0.15, -0.1) is 0 Å². The van der Waals surface area contributed by atoms with Crippen LogP contribution in [-0.4, -0.2) is 93.1 Å². The van der Waals surface area contributed by atoms with Crippen LogP contribution in [0.2, 0.25) is 0 Å². The minimum Gasteiger partial charge on any atom is -0.453 e. The molecule has 6 atom stereocenters. The number of carbonyl (C=O) groups is 4. The Morgan fingerprint density at radius 2 is 1.03 bits per heavy atom. The number of alkyl carbamates (subject to hydrolysis) is 2. The first-order valence-electron chi connectivity index (χ1n) is 20.4. The molecular weight excluding hydrogens is 737 g/mol. The first-order valence-corrected chi connectivity index (χ1v) is 20.4. The zero-order chi connectivity index (χ0) is 41.1. The van der Waals surface area contributed by atoms with E-state index in [2.05, 4.69) is 69.1 Å². The Kier molecular flexibility index (Phi) is 12.0. The van der Waals surface area contributed by atoms with E-state index in [1.54, 1.807) is 0 Å². The number of carbonyl (C=O) groups excluding carboxylic acids is 4. The second-order valence-corrected chi connectivity index (χ2v) is 15.7. The van der Waals surface area contributed by atoms with Gasteiger partial charge in [0, 0.05) is 13.1 Å². The first-order chi connectivity index (χ1) is 28.0. The van der Waals surface area contributed by atoms with Gasteiger partial charge in [-0.3, -0.25) is 9.59 Å². The molecule has 2 aromatic heterocycles. The van der Waals surface area contributed by atoms with Gasteiger partial charge in [0.05, 0.1) is 48.4 Å². The summed E-state index contributed by atoms with van der Waals surface area (Å²) in [6, 6.07) is 19.0. The molecule has 0 aliphatic carbocycles. The summed E-state index contributed by atoms with van der Waals surface area (Å²) in [5, 5.41) is 5.52. The highest BCUT2D eigenvalue weighted by Gasteiger charge is 2.39. The lowest BCUT2D eigenvalue weighted by Crippen LogP contribution is -2.51. The maximum atomic E-state index is 13.8. The number of imidazole rings is 2. The number of ether oxygens (including phenoxy) is 2. The molecule has 4 amide bonds. The van der Waals surface area contributed by atoms with E-state index < -0.39 is 24.3 Å². The smallest absolute Gasteiger partial charge is 0.407 e. The molecule has 14 nitrogen and oxygen atoms in total. The van der Waals surface area contributed by atoms with E-state index in [-0.39, 0.29) is 35.7 Å². The molecule has 7 rings (SSSR count). The number of hydrogen-bond donors (Lipinski definition) is 4. The summed E-state index contributed by atoms with van der Waals surface area (Å²) in [7, 11) is 2.60. The van der Waals surface area contributed by atoms with Gasteiger partial charge in [-0.1, -0.05) is 76.9 Å². The van der Waals surface area contributed by atoms with E-state index in [1.165, 1.54) is 14.2 Å². The van der Waals surface area contributed by atoms with Gasteiger partial charge < -0.3 is 39.9 Å². The summed E-state index contributed by atoms with van der Waals surface area (Å²) >= 11 is 0. The van der Waals surface area contributed by atoms with Gasteiger partial charge in [0.2, 0.25) is 11.8 Å². The van der Waals surface area contributed by atoms with Gasteiger partial charge in [-0.25, -0.2) is 19.6 Å². The Morgan fingerprint density at radius 3 is 1.40 bits per heavy atom. The Morgan fingerprint density at radius 1 is 0.655 bits per heavy atom. The number of likely N-dealkylation sites (tertiary alicyclic amines) is 2. The van der Waals surface area contributed by atoms with Crippen molar-refractivity contribution in [3.8, 4) is 22.3 Å². The van der Waals surface area contributed by atoms with Crippen LogP contribution in [0.5, 0.6) is 0 Å². The Hall–Kier alpha value is -5.92. The molecule has 0 spiro atoms. The lowest BCUT2D eigenvalue weighted by atomic mass is 9.97. The predicted molar refractivity (Wildman–Crippen MR) is 222 cm³/mol. The second kappa shape index (κ2) is 17.3. The maximum Gasteiger partial charge on any atom is 0.407 e. The molecule has 306 valence electrons. The minimum absolute atomic E-state index is 0.0574. The van der Waals surface area contributed by atoms with Gasteiger partial charge in [0.1, 0.15) is 23.7 Å². The van der Waals surface area contributed by atoms with E-state index >= 15 is 0 Å². The molecule has 2 aliphatic heterocycles. The lowest BCUT2D eigenvalue weighted by molar-refractivity contribution is -0.136. The molecule has 4 heterocycles. The fraction of sp³-hybridized carbons (Fsp3) is 0.455. The van der Waals surface area contributed by atoms with Crippen LogP contribution in [0.25, 0.3) is 44.3 Å². The van der Waals surface area contributed by atoms with Crippen molar-refractivity contribution in [1.82, 2.24) is 40.4 Å². The number of rotatable bonds is 12. The van der Waals surface area contributed by atoms with Crippen LogP contribution in [0.4, 0.5) is 9.59 Å². The summed E-state index contributed by atoms with van der Waals surface area (Å²) in [6.07, 6.45) is 3.50. The molecule has 2 aliphatic rings. The fourth-order valence-corrected chi connectivity index (χ4v) is 8.31. The van der Waals surface area contributed by atoms with Gasteiger partial charge in [-0.2, -0.15) is 0 Å². The lowest BCUT2D eigenvalue weighted by Gasteiger charge is -2.30. The molecule has 0 saturated carbocycles. The van der Waals surface area contributed by atoms with E-state index in [9.17, 15) is 19.2 Å². The van der Waals surface area contributed by atoms with Crippen LogP contribution in [0.3, 0.4) is 0 Å². The van der Waals surface area contributed by atoms with Crippen molar-refractivity contribution < 1.29 is 28.7 Å². The standard InChI is InChI=1S/C44H54N8O6/c1-7-25(3)37(49-43(55)57-5)41(53)51-21-9-11-35(51)39-45-31-19-17-29(23-33(31)47-39)27-13-15-28(16-14-27)30-18-20-32-34(24-30)48-40(46-32)36-12-10-22-52(36)42(54)38(26(4)8-2)50-44(56)58-6/h13-20,23-26,35-38H,7-12,21-22H2,1-6H3,(H,45,47)(H,46,48)(H,49,55)(H,50,56)/t25-,26?,35-,36-,37-,38-/m0/s1. The Bertz CT molecular complexity index is 2130. The number of H-pyrrole nitrogens is 2. The molecule has 4 N–H and O–H groups in total. The number of methoxy groups -OCH3 is 2. The van der Waals surface area contributed by atoms with Gasteiger partial charge in [0.15, 0.2) is 0 Å². The average molecular weight is 791 g/mol. The maximum absolute atomic E-state index is 13.8. The van der Waals surface area contributed by atoms with E-state index in [1.807, 2.05) is 49.6 Å². The highest BCUT2D eigenvalue weighted by molar-refractivity contribution is 5.88. The van der Waals surface area contributed by atoms with Crippen LogP contribution < -0.4 is 10.6 Å². The van der Waals surface area contributed by atoms with Crippen molar-refractivity contribution in [2.24, 2.45) is 11.8 Å². The van der Waals surface area contributed by atoms with Crippen LogP contribution in [0, 0.1) is 11.8 Å². The number of aromatic amines is 2. The SMILES string of the molecule is CCC(C)[C@H](NC(=O)OC)C(=O)N1CCC[C@H]1c1nc2ccc(-c3ccc(-c4ccc5nc([C@@H]6CCCN6C(=O)[C@@H](NC(=O)OC)[C@@H](C)CC)[nH]c5c4)cc3)cc2[nH]1. The van der Waals surface area contributed by atoms with Crippen molar-refractivity contribution in [3.63, 3.8) is 0 Å². The molecule has 5 aromatic rings. The highest BCUT2D eigenvalue weighted by atomic mass is 16.5. The van der Waals surface area contributed by atoms with E-state index in [0.29, 0.717) is 13.1 Å². The molecule has 58 heavy (non-hydrogen) atoms. The van der Waals surface area contributed by atoms with Gasteiger partial charge >= 0.3 is 12.2 Å².